The van der Waals surface area contributed by atoms with Crippen molar-refractivity contribution in [2.75, 3.05) is 26.7 Å². The molecule has 0 amide bonds. The van der Waals surface area contributed by atoms with E-state index >= 15 is 0 Å². The smallest absolute Gasteiger partial charge is 0.374 e. The molecule has 0 aromatic carbocycles. The monoisotopic (exact) mass is 351 g/mol. The number of esters is 1. The van der Waals surface area contributed by atoms with Crippen molar-refractivity contribution >= 4 is 16.0 Å². The number of nitrogens with zero attached hydrogens (tertiary/aromatic N) is 2. The zero-order valence-electron chi connectivity index (χ0n) is 13.0. The van der Waals surface area contributed by atoms with Crippen molar-refractivity contribution in [1.29, 1.82) is 0 Å². The maximum absolute atomic E-state index is 12.9. The summed E-state index contributed by atoms with van der Waals surface area (Å²) in [4.78, 5) is 15.5. The molecule has 1 aliphatic rings. The van der Waals surface area contributed by atoms with Gasteiger partial charge < -0.3 is 14.5 Å². The molecule has 9 heteroatoms. The summed E-state index contributed by atoms with van der Waals surface area (Å²) in [5, 5.41) is 2.90. The zero-order chi connectivity index (χ0) is 17.2. The number of carbonyl (C=O) groups is 1. The van der Waals surface area contributed by atoms with Crippen molar-refractivity contribution in [3.8, 4) is 0 Å². The molecule has 24 heavy (non-hydrogen) atoms. The number of pyridine rings is 1. The van der Waals surface area contributed by atoms with Gasteiger partial charge in [-0.15, -0.1) is 0 Å². The number of methoxy groups -OCH3 is 1. The highest BCUT2D eigenvalue weighted by molar-refractivity contribution is 7.89. The number of sulfonamides is 1. The number of rotatable bonds is 4. The van der Waals surface area contributed by atoms with Crippen molar-refractivity contribution in [3.63, 3.8) is 0 Å². The fourth-order valence-electron chi connectivity index (χ4n) is 2.62. The molecule has 1 N–H and O–H groups in total. The second-order valence-corrected chi connectivity index (χ2v) is 7.05. The van der Waals surface area contributed by atoms with Gasteiger partial charge in [0.1, 0.15) is 0 Å². The Morgan fingerprint density at radius 1 is 1.42 bits per heavy atom. The molecule has 0 saturated carbocycles. The Morgan fingerprint density at radius 3 is 2.96 bits per heavy atom. The van der Waals surface area contributed by atoms with Crippen LogP contribution < -0.4 is 5.32 Å². The first-order valence-electron chi connectivity index (χ1n) is 7.34. The highest BCUT2D eigenvalue weighted by Gasteiger charge is 2.36. The Labute approximate surface area is 139 Å². The van der Waals surface area contributed by atoms with Crippen molar-refractivity contribution in [3.05, 3.63) is 48.0 Å². The van der Waals surface area contributed by atoms with E-state index in [2.05, 4.69) is 15.0 Å². The minimum atomic E-state index is -3.89. The number of furan rings is 1. The fraction of sp³-hybridized carbons (Fsp3) is 0.333. The Morgan fingerprint density at radius 2 is 2.25 bits per heavy atom. The van der Waals surface area contributed by atoms with Gasteiger partial charge in [0, 0.05) is 32.0 Å². The average Bonchev–Trinajstić information content (AvgIpc) is 3.13. The number of ether oxygens (including phenoxy) is 1. The average molecular weight is 351 g/mol. The highest BCUT2D eigenvalue weighted by atomic mass is 32.2. The zero-order valence-corrected chi connectivity index (χ0v) is 13.8. The van der Waals surface area contributed by atoms with Gasteiger partial charge in [0.25, 0.3) is 10.0 Å². The standard InChI is InChI=1S/C15H17N3O5S/c1-22-15(19)13-4-5-14(23-13)24(20,21)18-8-7-17-10-12(18)11-3-2-6-16-9-11/h2-6,9,12,17H,7-8,10H2,1H3. The van der Waals surface area contributed by atoms with Gasteiger partial charge in [-0.1, -0.05) is 6.07 Å². The van der Waals surface area contributed by atoms with Crippen molar-refractivity contribution in [2.45, 2.75) is 11.1 Å². The Balaban J connectivity index is 1.94. The van der Waals surface area contributed by atoms with Crippen molar-refractivity contribution in [1.82, 2.24) is 14.6 Å². The molecule has 2 aromatic rings. The van der Waals surface area contributed by atoms with E-state index in [1.54, 1.807) is 18.5 Å². The van der Waals surface area contributed by atoms with Crippen LogP contribution in [0.2, 0.25) is 0 Å². The molecular formula is C15H17N3O5S. The number of aromatic nitrogens is 1. The first-order chi connectivity index (χ1) is 11.5. The summed E-state index contributed by atoms with van der Waals surface area (Å²) >= 11 is 0. The van der Waals surface area contributed by atoms with E-state index in [1.807, 2.05) is 6.07 Å². The summed E-state index contributed by atoms with van der Waals surface area (Å²) in [5.74, 6) is -0.871. The lowest BCUT2D eigenvalue weighted by molar-refractivity contribution is 0.0558. The van der Waals surface area contributed by atoms with Crippen LogP contribution in [0.1, 0.15) is 22.2 Å². The third kappa shape index (κ3) is 3.05. The minimum absolute atomic E-state index is 0.149. The molecular weight excluding hydrogens is 334 g/mol. The molecule has 1 aliphatic heterocycles. The predicted molar refractivity (Wildman–Crippen MR) is 83.8 cm³/mol. The van der Waals surface area contributed by atoms with E-state index < -0.39 is 22.0 Å². The molecule has 0 radical (unpaired) electrons. The molecule has 128 valence electrons. The summed E-state index contributed by atoms with van der Waals surface area (Å²) in [6.07, 6.45) is 3.27. The van der Waals surface area contributed by atoms with Crippen LogP contribution in [0.5, 0.6) is 0 Å². The van der Waals surface area contributed by atoms with E-state index in [-0.39, 0.29) is 17.4 Å². The summed E-state index contributed by atoms with van der Waals surface area (Å²) in [7, 11) is -2.69. The number of piperazine rings is 1. The van der Waals surface area contributed by atoms with Gasteiger partial charge in [-0.25, -0.2) is 13.2 Å². The predicted octanol–water partition coefficient (Wildman–Crippen LogP) is 0.796. The summed E-state index contributed by atoms with van der Waals surface area (Å²) in [6.45, 7) is 1.28. The molecule has 0 spiro atoms. The normalized spacial score (nSPS) is 19.1. The fourth-order valence-corrected chi connectivity index (χ4v) is 4.14. The number of nitrogens with one attached hydrogen (secondary N) is 1. The lowest BCUT2D eigenvalue weighted by atomic mass is 10.1. The number of carbonyl (C=O) groups excluding carboxylic acids is 1. The van der Waals surface area contributed by atoms with Crippen LogP contribution in [-0.4, -0.2) is 50.4 Å². The van der Waals surface area contributed by atoms with Crippen LogP contribution in [-0.2, 0) is 14.8 Å². The van der Waals surface area contributed by atoms with Crippen LogP contribution in [0, 0.1) is 0 Å². The molecule has 1 atom stereocenters. The van der Waals surface area contributed by atoms with Gasteiger partial charge in [0.05, 0.1) is 13.2 Å². The Kier molecular flexibility index (Phi) is 4.65. The summed E-state index contributed by atoms with van der Waals surface area (Å²) < 4.78 is 37.0. The lowest BCUT2D eigenvalue weighted by Gasteiger charge is -2.34. The second-order valence-electron chi connectivity index (χ2n) is 5.23. The van der Waals surface area contributed by atoms with E-state index in [1.165, 1.54) is 23.5 Å². The molecule has 1 unspecified atom stereocenters. The molecule has 0 aliphatic carbocycles. The molecule has 3 heterocycles. The molecule has 1 fully saturated rings. The van der Waals surface area contributed by atoms with Gasteiger partial charge in [-0.3, -0.25) is 4.98 Å². The summed E-state index contributed by atoms with van der Waals surface area (Å²) in [6, 6.07) is 5.75. The molecule has 2 aromatic heterocycles. The van der Waals surface area contributed by atoms with E-state index in [4.69, 9.17) is 4.42 Å². The van der Waals surface area contributed by atoms with Crippen molar-refractivity contribution < 1.29 is 22.4 Å². The topological polar surface area (TPSA) is 102 Å². The van der Waals surface area contributed by atoms with Crippen LogP contribution in [0.15, 0.2) is 46.2 Å². The van der Waals surface area contributed by atoms with E-state index in [0.29, 0.717) is 13.1 Å². The third-order valence-electron chi connectivity index (χ3n) is 3.79. The summed E-state index contributed by atoms with van der Waals surface area (Å²) in [5.41, 5.74) is 0.785. The molecule has 1 saturated heterocycles. The maximum atomic E-state index is 12.9. The van der Waals surface area contributed by atoms with Crippen LogP contribution in [0.3, 0.4) is 0 Å². The van der Waals surface area contributed by atoms with Gasteiger partial charge in [0.15, 0.2) is 0 Å². The van der Waals surface area contributed by atoms with Crippen molar-refractivity contribution in [2.24, 2.45) is 0 Å². The van der Waals surface area contributed by atoms with E-state index in [9.17, 15) is 13.2 Å². The maximum Gasteiger partial charge on any atom is 0.374 e. The Hall–Kier alpha value is -2.23. The lowest BCUT2D eigenvalue weighted by Crippen LogP contribution is -2.48. The van der Waals surface area contributed by atoms with Crippen LogP contribution >= 0.6 is 0 Å². The largest absolute Gasteiger partial charge is 0.463 e. The number of hydrogen-bond donors (Lipinski definition) is 1. The highest BCUT2D eigenvalue weighted by Crippen LogP contribution is 2.29. The van der Waals surface area contributed by atoms with Gasteiger partial charge >= 0.3 is 5.97 Å². The third-order valence-corrected chi connectivity index (χ3v) is 5.58. The van der Waals surface area contributed by atoms with Crippen LogP contribution in [0.4, 0.5) is 0 Å². The SMILES string of the molecule is COC(=O)c1ccc(S(=O)(=O)N2CCNCC2c2cccnc2)o1. The van der Waals surface area contributed by atoms with Crippen LogP contribution in [0.25, 0.3) is 0 Å². The quantitative estimate of drug-likeness (QED) is 0.813. The minimum Gasteiger partial charge on any atom is -0.463 e. The van der Waals surface area contributed by atoms with E-state index in [0.717, 1.165) is 5.56 Å². The first kappa shape index (κ1) is 16.6. The molecule has 3 rings (SSSR count). The van der Waals surface area contributed by atoms with Gasteiger partial charge in [-0.2, -0.15) is 4.31 Å². The second kappa shape index (κ2) is 6.71. The van der Waals surface area contributed by atoms with Gasteiger partial charge in [0.2, 0.25) is 10.9 Å². The number of hydrogen-bond acceptors (Lipinski definition) is 7. The van der Waals surface area contributed by atoms with Gasteiger partial charge in [-0.05, 0) is 23.8 Å². The Bertz CT molecular complexity index is 819. The first-order valence-corrected chi connectivity index (χ1v) is 8.78. The molecule has 8 nitrogen and oxygen atoms in total. The molecule has 0 bridgehead atoms.